The summed E-state index contributed by atoms with van der Waals surface area (Å²) in [5.41, 5.74) is 18.3. The van der Waals surface area contributed by atoms with Gasteiger partial charge in [0, 0.05) is 0 Å². The van der Waals surface area contributed by atoms with Crippen LogP contribution < -0.4 is 0 Å². The zero-order valence-electron chi connectivity index (χ0n) is 19.5. The van der Waals surface area contributed by atoms with Gasteiger partial charge < -0.3 is 5.11 Å². The van der Waals surface area contributed by atoms with Gasteiger partial charge in [0.2, 0.25) is 0 Å². The molecule has 0 spiro atoms. The molecule has 0 heterocycles. The summed E-state index contributed by atoms with van der Waals surface area (Å²) in [5.74, 6) is -0.857. The molecule has 0 bridgehead atoms. The van der Waals surface area contributed by atoms with E-state index in [1.165, 1.54) is 66.8 Å². The molecule has 2 aliphatic carbocycles. The van der Waals surface area contributed by atoms with Crippen LogP contribution in [0.5, 0.6) is 0 Å². The number of rotatable bonds is 2. The van der Waals surface area contributed by atoms with Crippen molar-refractivity contribution in [3.63, 3.8) is 0 Å². The normalized spacial score (nSPS) is 12.8. The van der Waals surface area contributed by atoms with Gasteiger partial charge >= 0.3 is 5.97 Å². The molecular weight excluding hydrogens is 404 g/mol. The van der Waals surface area contributed by atoms with Gasteiger partial charge in [0.05, 0.1) is 5.56 Å². The van der Waals surface area contributed by atoms with E-state index in [4.69, 9.17) is 0 Å². The highest BCUT2D eigenvalue weighted by Crippen LogP contribution is 2.50. The van der Waals surface area contributed by atoms with Crippen LogP contribution in [-0.4, -0.2) is 11.1 Å². The van der Waals surface area contributed by atoms with Crippen molar-refractivity contribution in [3.05, 3.63) is 105 Å². The van der Waals surface area contributed by atoms with E-state index < -0.39 is 5.97 Å². The van der Waals surface area contributed by atoms with Gasteiger partial charge in [-0.25, -0.2) is 4.79 Å². The average molecular weight is 431 g/mol. The lowest BCUT2D eigenvalue weighted by atomic mass is 9.82. The van der Waals surface area contributed by atoms with Crippen LogP contribution in [0.4, 0.5) is 0 Å². The zero-order valence-corrected chi connectivity index (χ0v) is 19.5. The van der Waals surface area contributed by atoms with Crippen molar-refractivity contribution in [2.24, 2.45) is 0 Å². The van der Waals surface area contributed by atoms with Gasteiger partial charge in [-0.3, -0.25) is 0 Å². The Kier molecular flexibility index (Phi) is 4.19. The van der Waals surface area contributed by atoms with E-state index in [0.29, 0.717) is 5.56 Å². The summed E-state index contributed by atoms with van der Waals surface area (Å²) >= 11 is 0. The first-order chi connectivity index (χ1) is 15.9. The first-order valence-electron chi connectivity index (χ1n) is 11.6. The zero-order chi connectivity index (χ0) is 23.0. The number of hydrogen-bond donors (Lipinski definition) is 1. The monoisotopic (exact) mass is 430 g/mol. The van der Waals surface area contributed by atoms with Crippen molar-refractivity contribution in [1.82, 2.24) is 0 Å². The Hall–Kier alpha value is -3.65. The van der Waals surface area contributed by atoms with E-state index >= 15 is 0 Å². The topological polar surface area (TPSA) is 37.3 Å². The number of carboxylic acid groups (broad SMARTS) is 1. The molecule has 2 aliphatic rings. The highest BCUT2D eigenvalue weighted by atomic mass is 16.4. The maximum absolute atomic E-state index is 11.9. The van der Waals surface area contributed by atoms with Crippen LogP contribution in [0.2, 0.25) is 0 Å². The minimum Gasteiger partial charge on any atom is -0.478 e. The average Bonchev–Trinajstić information content (AvgIpc) is 3.37. The second kappa shape index (κ2) is 6.92. The number of hydrogen-bond acceptors (Lipinski definition) is 1. The number of carboxylic acids is 1. The maximum Gasteiger partial charge on any atom is 0.335 e. The lowest BCUT2D eigenvalue weighted by molar-refractivity contribution is 0.0696. The summed E-state index contributed by atoms with van der Waals surface area (Å²) in [6, 6.07) is 19.2. The van der Waals surface area contributed by atoms with Crippen molar-refractivity contribution in [2.75, 3.05) is 0 Å². The van der Waals surface area contributed by atoms with E-state index in [1.54, 1.807) is 6.07 Å². The fourth-order valence-electron chi connectivity index (χ4n) is 6.19. The molecule has 0 radical (unpaired) electrons. The highest BCUT2D eigenvalue weighted by Gasteiger charge is 2.31. The fourth-order valence-corrected chi connectivity index (χ4v) is 6.19. The Morgan fingerprint density at radius 1 is 0.606 bits per heavy atom. The van der Waals surface area contributed by atoms with Gasteiger partial charge in [-0.2, -0.15) is 0 Å². The lowest BCUT2D eigenvalue weighted by Crippen LogP contribution is -2.03. The molecule has 4 aromatic rings. The third kappa shape index (κ3) is 2.64. The Balaban J connectivity index is 1.66. The molecule has 4 aromatic carbocycles. The van der Waals surface area contributed by atoms with Crippen LogP contribution in [0.15, 0.2) is 54.6 Å². The predicted octanol–water partition coefficient (Wildman–Crippen LogP) is 7.43. The van der Waals surface area contributed by atoms with Crippen molar-refractivity contribution in [2.45, 2.75) is 40.5 Å². The summed E-state index contributed by atoms with van der Waals surface area (Å²) < 4.78 is 0. The largest absolute Gasteiger partial charge is 0.478 e. The van der Waals surface area contributed by atoms with E-state index in [9.17, 15) is 9.90 Å². The van der Waals surface area contributed by atoms with Crippen LogP contribution in [0, 0.1) is 27.7 Å². The van der Waals surface area contributed by atoms with Gasteiger partial charge in [-0.05, 0) is 124 Å². The van der Waals surface area contributed by atoms with E-state index in [2.05, 4.69) is 63.2 Å². The highest BCUT2D eigenvalue weighted by molar-refractivity contribution is 5.98. The smallest absolute Gasteiger partial charge is 0.335 e. The summed E-state index contributed by atoms with van der Waals surface area (Å²) in [6.45, 7) is 8.61. The molecule has 6 rings (SSSR count). The molecule has 0 fully saturated rings. The van der Waals surface area contributed by atoms with Gasteiger partial charge in [0.25, 0.3) is 0 Å². The molecule has 2 heteroatoms. The van der Waals surface area contributed by atoms with Crippen molar-refractivity contribution >= 4 is 5.97 Å². The summed E-state index contributed by atoms with van der Waals surface area (Å²) in [4.78, 5) is 11.9. The minimum atomic E-state index is -0.857. The number of aromatic carboxylic acids is 1. The molecule has 0 unspecified atom stereocenters. The standard InChI is InChI=1S/C31H26O2/c1-16-17(2)29(25-11-7-10-24-23-9-6-5-8-20(23)14-26(24)25)27-15-21-12-13-22(31(32)33)19(4)28(21)30(27)18(16)3/h5-13H,14-15H2,1-4H3,(H,32,33). The quantitative estimate of drug-likeness (QED) is 0.310. The van der Waals surface area contributed by atoms with Crippen LogP contribution in [0.1, 0.15) is 54.9 Å². The van der Waals surface area contributed by atoms with E-state index in [0.717, 1.165) is 24.0 Å². The second-order valence-electron chi connectivity index (χ2n) is 9.52. The molecule has 33 heavy (non-hydrogen) atoms. The first kappa shape index (κ1) is 20.0. The van der Waals surface area contributed by atoms with Crippen molar-refractivity contribution in [1.29, 1.82) is 0 Å². The Morgan fingerprint density at radius 3 is 2.06 bits per heavy atom. The lowest BCUT2D eigenvalue weighted by Gasteiger charge is -2.21. The van der Waals surface area contributed by atoms with Crippen LogP contribution in [0.3, 0.4) is 0 Å². The van der Waals surface area contributed by atoms with Gasteiger partial charge in [-0.1, -0.05) is 48.5 Å². The number of fused-ring (bicyclic) bond motifs is 6. The van der Waals surface area contributed by atoms with E-state index in [1.807, 2.05) is 13.0 Å². The molecule has 0 atom stereocenters. The fraction of sp³-hybridized carbons (Fsp3) is 0.194. The molecule has 0 amide bonds. The van der Waals surface area contributed by atoms with Crippen LogP contribution in [0.25, 0.3) is 33.4 Å². The van der Waals surface area contributed by atoms with Crippen molar-refractivity contribution < 1.29 is 9.90 Å². The molecule has 0 aliphatic heterocycles. The van der Waals surface area contributed by atoms with E-state index in [-0.39, 0.29) is 0 Å². The molecule has 0 aromatic heterocycles. The molecule has 1 N–H and O–H groups in total. The first-order valence-corrected chi connectivity index (χ1v) is 11.6. The van der Waals surface area contributed by atoms with Gasteiger partial charge in [-0.15, -0.1) is 0 Å². The molecule has 162 valence electrons. The van der Waals surface area contributed by atoms with Crippen molar-refractivity contribution in [3.8, 4) is 33.4 Å². The third-order valence-corrected chi connectivity index (χ3v) is 8.00. The van der Waals surface area contributed by atoms with Gasteiger partial charge in [0.1, 0.15) is 0 Å². The van der Waals surface area contributed by atoms with Crippen LogP contribution in [-0.2, 0) is 12.8 Å². The SMILES string of the molecule is Cc1c(C)c(-c2cccc3c2Cc2ccccc2-3)c2c(c1C)-c1c(ccc(C(=O)O)c1C)C2. The molecule has 0 saturated carbocycles. The minimum absolute atomic E-state index is 0.400. The predicted molar refractivity (Wildman–Crippen MR) is 134 cm³/mol. The summed E-state index contributed by atoms with van der Waals surface area (Å²) in [5, 5.41) is 9.74. The molecule has 0 saturated heterocycles. The number of benzene rings is 4. The molecular formula is C31H26O2. The van der Waals surface area contributed by atoms with Gasteiger partial charge in [0.15, 0.2) is 0 Å². The maximum atomic E-state index is 11.9. The second-order valence-corrected chi connectivity index (χ2v) is 9.52. The summed E-state index contributed by atoms with van der Waals surface area (Å²) in [6.07, 6.45) is 1.80. The summed E-state index contributed by atoms with van der Waals surface area (Å²) in [7, 11) is 0. The third-order valence-electron chi connectivity index (χ3n) is 8.00. The molecule has 2 nitrogen and oxygen atoms in total. The Morgan fingerprint density at radius 2 is 1.27 bits per heavy atom. The Bertz CT molecular complexity index is 1520. The Labute approximate surface area is 194 Å². The van der Waals surface area contributed by atoms with Crippen LogP contribution >= 0.6 is 0 Å². The number of carbonyl (C=O) groups is 1.